The summed E-state index contributed by atoms with van der Waals surface area (Å²) >= 11 is 3.61. The lowest BCUT2D eigenvalue weighted by Crippen LogP contribution is -1.98. The normalized spacial score (nSPS) is 14.4. The third-order valence-corrected chi connectivity index (χ3v) is 5.44. The summed E-state index contributed by atoms with van der Waals surface area (Å²) in [6.07, 6.45) is 5.68. The highest BCUT2D eigenvalue weighted by Gasteiger charge is 2.19. The molecule has 0 aromatic carbocycles. The minimum atomic E-state index is 0.117. The quantitative estimate of drug-likeness (QED) is 0.810. The molecule has 2 aromatic heterocycles. The first-order chi connectivity index (χ1) is 9.28. The van der Waals surface area contributed by atoms with Crippen LogP contribution in [0.15, 0.2) is 18.5 Å². The van der Waals surface area contributed by atoms with E-state index < -0.39 is 0 Å². The molecule has 0 spiro atoms. The van der Waals surface area contributed by atoms with E-state index in [1.54, 1.807) is 17.5 Å². The molecule has 3 heterocycles. The van der Waals surface area contributed by atoms with Gasteiger partial charge in [0.2, 0.25) is 5.78 Å². The summed E-state index contributed by atoms with van der Waals surface area (Å²) in [7, 11) is 0. The number of rotatable bonds is 4. The summed E-state index contributed by atoms with van der Waals surface area (Å²) in [6.45, 7) is 2.97. The van der Waals surface area contributed by atoms with Crippen molar-refractivity contribution in [3.05, 3.63) is 39.3 Å². The Bertz CT molecular complexity index is 577. The maximum Gasteiger partial charge on any atom is 0.206 e. The molecule has 3 rings (SSSR count). The Balaban J connectivity index is 1.84. The van der Waals surface area contributed by atoms with Crippen molar-refractivity contribution in [2.75, 3.05) is 5.75 Å². The van der Waals surface area contributed by atoms with Crippen LogP contribution in [0.5, 0.6) is 0 Å². The minimum Gasteiger partial charge on any atom is -0.288 e. The SMILES string of the molecule is CCCn1cc(C(=O)c2cc3c(s2)CCSC3)cn1. The van der Waals surface area contributed by atoms with Gasteiger partial charge in [0.05, 0.1) is 16.6 Å². The number of thiophene rings is 1. The zero-order valence-corrected chi connectivity index (χ0v) is 12.5. The Hall–Kier alpha value is -1.07. The summed E-state index contributed by atoms with van der Waals surface area (Å²) in [5.41, 5.74) is 2.06. The number of aromatic nitrogens is 2. The molecule has 0 atom stereocenters. The van der Waals surface area contributed by atoms with Crippen LogP contribution in [0, 0.1) is 0 Å². The van der Waals surface area contributed by atoms with E-state index in [0.29, 0.717) is 5.56 Å². The van der Waals surface area contributed by atoms with Gasteiger partial charge in [-0.25, -0.2) is 0 Å². The molecule has 0 aliphatic carbocycles. The van der Waals surface area contributed by atoms with Crippen molar-refractivity contribution in [1.82, 2.24) is 9.78 Å². The highest BCUT2D eigenvalue weighted by Crippen LogP contribution is 2.32. The fourth-order valence-electron chi connectivity index (χ4n) is 2.23. The monoisotopic (exact) mass is 292 g/mol. The number of thioether (sulfide) groups is 1. The van der Waals surface area contributed by atoms with Gasteiger partial charge in [-0.3, -0.25) is 9.48 Å². The molecular weight excluding hydrogens is 276 g/mol. The van der Waals surface area contributed by atoms with E-state index >= 15 is 0 Å². The molecule has 0 saturated carbocycles. The molecule has 0 unspecified atom stereocenters. The number of fused-ring (bicyclic) bond motifs is 1. The molecule has 0 N–H and O–H groups in total. The summed E-state index contributed by atoms with van der Waals surface area (Å²) in [6, 6.07) is 2.08. The zero-order valence-electron chi connectivity index (χ0n) is 10.9. The lowest BCUT2D eigenvalue weighted by atomic mass is 10.1. The Morgan fingerprint density at radius 3 is 3.21 bits per heavy atom. The largest absolute Gasteiger partial charge is 0.288 e. The molecule has 100 valence electrons. The number of nitrogens with zero attached hydrogens (tertiary/aromatic N) is 2. The molecule has 19 heavy (non-hydrogen) atoms. The van der Waals surface area contributed by atoms with E-state index in [1.165, 1.54) is 16.2 Å². The van der Waals surface area contributed by atoms with E-state index in [0.717, 1.165) is 30.0 Å². The topological polar surface area (TPSA) is 34.9 Å². The summed E-state index contributed by atoms with van der Waals surface area (Å²) in [5, 5.41) is 4.23. The average molecular weight is 292 g/mol. The van der Waals surface area contributed by atoms with Crippen molar-refractivity contribution in [2.24, 2.45) is 0 Å². The number of carbonyl (C=O) groups excluding carboxylic acids is 1. The molecule has 2 aromatic rings. The first-order valence-corrected chi connectivity index (χ1v) is 8.51. The summed E-state index contributed by atoms with van der Waals surface area (Å²) in [4.78, 5) is 14.7. The van der Waals surface area contributed by atoms with Gasteiger partial charge in [-0.15, -0.1) is 11.3 Å². The van der Waals surface area contributed by atoms with Crippen LogP contribution in [0.2, 0.25) is 0 Å². The zero-order chi connectivity index (χ0) is 13.2. The van der Waals surface area contributed by atoms with Crippen molar-refractivity contribution in [3.63, 3.8) is 0 Å². The molecule has 0 bridgehead atoms. The van der Waals surface area contributed by atoms with Gasteiger partial charge in [-0.05, 0) is 30.2 Å². The van der Waals surface area contributed by atoms with Crippen LogP contribution in [-0.4, -0.2) is 21.3 Å². The van der Waals surface area contributed by atoms with Gasteiger partial charge in [-0.1, -0.05) is 6.92 Å². The predicted molar refractivity (Wildman–Crippen MR) is 80.1 cm³/mol. The van der Waals surface area contributed by atoms with Gasteiger partial charge in [0.15, 0.2) is 0 Å². The van der Waals surface area contributed by atoms with Crippen molar-refractivity contribution in [3.8, 4) is 0 Å². The maximum atomic E-state index is 12.4. The fourth-order valence-corrected chi connectivity index (χ4v) is 4.57. The van der Waals surface area contributed by atoms with Crippen molar-refractivity contribution in [2.45, 2.75) is 32.1 Å². The number of aryl methyl sites for hydroxylation is 2. The van der Waals surface area contributed by atoms with Gasteiger partial charge in [0.1, 0.15) is 0 Å². The molecule has 3 nitrogen and oxygen atoms in total. The van der Waals surface area contributed by atoms with Crippen LogP contribution < -0.4 is 0 Å². The van der Waals surface area contributed by atoms with E-state index in [9.17, 15) is 4.79 Å². The van der Waals surface area contributed by atoms with Crippen molar-refractivity contribution >= 4 is 28.9 Å². The Morgan fingerprint density at radius 2 is 2.42 bits per heavy atom. The fraction of sp³-hybridized carbons (Fsp3) is 0.429. The Morgan fingerprint density at radius 1 is 1.53 bits per heavy atom. The average Bonchev–Trinajstić information content (AvgIpc) is 3.04. The molecule has 1 aliphatic rings. The Kier molecular flexibility index (Phi) is 3.75. The molecule has 0 amide bonds. The van der Waals surface area contributed by atoms with Gasteiger partial charge in [0.25, 0.3) is 0 Å². The number of hydrogen-bond donors (Lipinski definition) is 0. The maximum absolute atomic E-state index is 12.4. The summed E-state index contributed by atoms with van der Waals surface area (Å²) in [5.74, 6) is 2.34. The van der Waals surface area contributed by atoms with Crippen molar-refractivity contribution < 1.29 is 4.79 Å². The van der Waals surface area contributed by atoms with Gasteiger partial charge in [0, 0.05) is 23.4 Å². The lowest BCUT2D eigenvalue weighted by molar-refractivity contribution is 0.104. The van der Waals surface area contributed by atoms with Crippen LogP contribution in [0.25, 0.3) is 0 Å². The van der Waals surface area contributed by atoms with Crippen LogP contribution >= 0.6 is 23.1 Å². The molecule has 0 radical (unpaired) electrons. The Labute approximate surface area is 121 Å². The van der Waals surface area contributed by atoms with Crippen LogP contribution in [0.4, 0.5) is 0 Å². The van der Waals surface area contributed by atoms with Crippen LogP contribution in [0.1, 0.15) is 39.0 Å². The third-order valence-electron chi connectivity index (χ3n) is 3.20. The van der Waals surface area contributed by atoms with Gasteiger partial charge >= 0.3 is 0 Å². The molecule has 1 aliphatic heterocycles. The highest BCUT2D eigenvalue weighted by molar-refractivity contribution is 7.98. The van der Waals surface area contributed by atoms with Crippen LogP contribution in [0.3, 0.4) is 0 Å². The van der Waals surface area contributed by atoms with E-state index in [1.807, 2.05) is 22.6 Å². The second-order valence-electron chi connectivity index (χ2n) is 4.68. The van der Waals surface area contributed by atoms with E-state index in [-0.39, 0.29) is 5.78 Å². The second kappa shape index (κ2) is 5.51. The number of ketones is 1. The highest BCUT2D eigenvalue weighted by atomic mass is 32.2. The van der Waals surface area contributed by atoms with Gasteiger partial charge < -0.3 is 0 Å². The van der Waals surface area contributed by atoms with Crippen LogP contribution in [-0.2, 0) is 18.7 Å². The van der Waals surface area contributed by atoms with E-state index in [2.05, 4.69) is 18.1 Å². The second-order valence-corrected chi connectivity index (χ2v) is 6.92. The number of hydrogen-bond acceptors (Lipinski definition) is 4. The predicted octanol–water partition coefficient (Wildman–Crippen LogP) is 3.37. The molecular formula is C14H16N2OS2. The lowest BCUT2D eigenvalue weighted by Gasteiger charge is -2.08. The first kappa shape index (κ1) is 12.9. The number of carbonyl (C=O) groups is 1. The first-order valence-electron chi connectivity index (χ1n) is 6.54. The summed E-state index contributed by atoms with van der Waals surface area (Å²) < 4.78 is 1.84. The molecule has 5 heteroatoms. The molecule has 0 saturated heterocycles. The minimum absolute atomic E-state index is 0.117. The standard InChI is InChI=1S/C14H16N2OS2/c1-2-4-16-8-11(7-15-16)14(17)13-6-10-9-18-5-3-12(10)19-13/h6-8H,2-5,9H2,1H3. The molecule has 0 fully saturated rings. The smallest absolute Gasteiger partial charge is 0.206 e. The van der Waals surface area contributed by atoms with Crippen molar-refractivity contribution in [1.29, 1.82) is 0 Å². The van der Waals surface area contributed by atoms with E-state index in [4.69, 9.17) is 0 Å². The third kappa shape index (κ3) is 2.62. The van der Waals surface area contributed by atoms with Gasteiger partial charge in [-0.2, -0.15) is 16.9 Å².